The third kappa shape index (κ3) is 2.95. The normalized spacial score (nSPS) is 12.9. The predicted octanol–water partition coefficient (Wildman–Crippen LogP) is 1.31. The van der Waals surface area contributed by atoms with Crippen LogP contribution in [0.2, 0.25) is 0 Å². The molecule has 0 aliphatic heterocycles. The minimum atomic E-state index is -0.269. The van der Waals surface area contributed by atoms with Crippen molar-refractivity contribution in [2.75, 3.05) is 6.61 Å². The molecule has 1 atom stereocenters. The SMILES string of the molecule is CC(C)[C@@H](CO)N=[N+]=[N-]. The minimum absolute atomic E-state index is 0.0677. The molecule has 0 saturated heterocycles. The highest BCUT2D eigenvalue weighted by Gasteiger charge is 2.07. The van der Waals surface area contributed by atoms with E-state index in [1.54, 1.807) is 0 Å². The minimum Gasteiger partial charge on any atom is -0.396 e. The number of azide groups is 1. The zero-order valence-electron chi connectivity index (χ0n) is 5.65. The van der Waals surface area contributed by atoms with Gasteiger partial charge < -0.3 is 5.11 Å². The number of hydrogen-bond acceptors (Lipinski definition) is 2. The molecule has 0 aromatic heterocycles. The lowest BCUT2D eigenvalue weighted by Gasteiger charge is -2.09. The molecule has 0 aliphatic rings. The first-order valence-corrected chi connectivity index (χ1v) is 2.87. The third-order valence-corrected chi connectivity index (χ3v) is 1.16. The molecule has 0 rings (SSSR count). The van der Waals surface area contributed by atoms with E-state index in [0.717, 1.165) is 0 Å². The molecule has 0 unspecified atom stereocenters. The lowest BCUT2D eigenvalue weighted by molar-refractivity contribution is 0.238. The van der Waals surface area contributed by atoms with E-state index in [9.17, 15) is 0 Å². The summed E-state index contributed by atoms with van der Waals surface area (Å²) in [6, 6.07) is -0.269. The van der Waals surface area contributed by atoms with E-state index in [2.05, 4.69) is 10.0 Å². The van der Waals surface area contributed by atoms with Gasteiger partial charge in [-0.3, -0.25) is 0 Å². The maximum Gasteiger partial charge on any atom is 0.0628 e. The Hall–Kier alpha value is -0.730. The summed E-state index contributed by atoms with van der Waals surface area (Å²) < 4.78 is 0. The van der Waals surface area contributed by atoms with Crippen LogP contribution in [0.4, 0.5) is 0 Å². The van der Waals surface area contributed by atoms with Crippen molar-refractivity contribution in [1.29, 1.82) is 0 Å². The summed E-state index contributed by atoms with van der Waals surface area (Å²) in [7, 11) is 0. The molecular formula is C5H11N3O. The van der Waals surface area contributed by atoms with E-state index >= 15 is 0 Å². The van der Waals surface area contributed by atoms with Crippen LogP contribution in [-0.2, 0) is 0 Å². The van der Waals surface area contributed by atoms with E-state index in [0.29, 0.717) is 0 Å². The van der Waals surface area contributed by atoms with E-state index in [1.165, 1.54) is 0 Å². The van der Waals surface area contributed by atoms with Crippen molar-refractivity contribution in [2.45, 2.75) is 19.9 Å². The molecular weight excluding hydrogens is 118 g/mol. The molecule has 0 radical (unpaired) electrons. The lowest BCUT2D eigenvalue weighted by Crippen LogP contribution is -2.16. The van der Waals surface area contributed by atoms with Gasteiger partial charge in [0, 0.05) is 4.91 Å². The van der Waals surface area contributed by atoms with Gasteiger partial charge >= 0.3 is 0 Å². The fraction of sp³-hybridized carbons (Fsp3) is 1.00. The molecule has 0 aliphatic carbocycles. The molecule has 52 valence electrons. The summed E-state index contributed by atoms with van der Waals surface area (Å²) in [5, 5.41) is 11.9. The molecule has 0 aromatic carbocycles. The van der Waals surface area contributed by atoms with Crippen molar-refractivity contribution in [1.82, 2.24) is 0 Å². The van der Waals surface area contributed by atoms with Crippen LogP contribution >= 0.6 is 0 Å². The number of hydrogen-bond donors (Lipinski definition) is 1. The Morgan fingerprint density at radius 3 is 2.33 bits per heavy atom. The summed E-state index contributed by atoms with van der Waals surface area (Å²) in [4.78, 5) is 2.59. The van der Waals surface area contributed by atoms with Crippen LogP contribution in [0.5, 0.6) is 0 Å². The van der Waals surface area contributed by atoms with Crippen LogP contribution in [-0.4, -0.2) is 17.8 Å². The average Bonchev–Trinajstić information content (AvgIpc) is 1.82. The van der Waals surface area contributed by atoms with E-state index in [-0.39, 0.29) is 18.6 Å². The largest absolute Gasteiger partial charge is 0.396 e. The maximum atomic E-state index is 8.56. The van der Waals surface area contributed by atoms with Gasteiger partial charge in [-0.2, -0.15) is 0 Å². The van der Waals surface area contributed by atoms with Crippen molar-refractivity contribution in [2.24, 2.45) is 11.0 Å². The van der Waals surface area contributed by atoms with Crippen molar-refractivity contribution >= 4 is 0 Å². The molecule has 0 spiro atoms. The Balaban J connectivity index is 3.82. The van der Waals surface area contributed by atoms with Gasteiger partial charge in [0.25, 0.3) is 0 Å². The van der Waals surface area contributed by atoms with Gasteiger partial charge in [-0.05, 0) is 11.4 Å². The first-order chi connectivity index (χ1) is 4.22. The Morgan fingerprint density at radius 1 is 1.67 bits per heavy atom. The first kappa shape index (κ1) is 8.27. The van der Waals surface area contributed by atoms with Crippen LogP contribution in [0.25, 0.3) is 10.4 Å². The second-order valence-electron chi connectivity index (χ2n) is 2.20. The van der Waals surface area contributed by atoms with Crippen molar-refractivity contribution in [3.05, 3.63) is 10.4 Å². The van der Waals surface area contributed by atoms with E-state index in [4.69, 9.17) is 10.6 Å². The standard InChI is InChI=1S/C5H11N3O/c1-4(2)5(3-9)7-8-6/h4-5,9H,3H2,1-2H3/t5-/m1/s1. The number of nitrogens with zero attached hydrogens (tertiary/aromatic N) is 3. The summed E-state index contributed by atoms with van der Waals surface area (Å²) in [6.45, 7) is 3.73. The lowest BCUT2D eigenvalue weighted by atomic mass is 10.1. The summed E-state index contributed by atoms with van der Waals surface area (Å²) in [6.07, 6.45) is 0. The van der Waals surface area contributed by atoms with Gasteiger partial charge in [0.2, 0.25) is 0 Å². The van der Waals surface area contributed by atoms with Crippen LogP contribution in [0.3, 0.4) is 0 Å². The maximum absolute atomic E-state index is 8.56. The number of aliphatic hydroxyl groups is 1. The molecule has 4 heteroatoms. The molecule has 1 N–H and O–H groups in total. The smallest absolute Gasteiger partial charge is 0.0628 e. The molecule has 0 amide bonds. The Morgan fingerprint density at radius 2 is 2.22 bits per heavy atom. The van der Waals surface area contributed by atoms with Gasteiger partial charge in [0.15, 0.2) is 0 Å². The van der Waals surface area contributed by atoms with Gasteiger partial charge in [0.05, 0.1) is 12.6 Å². The highest BCUT2D eigenvalue weighted by Crippen LogP contribution is 2.04. The topological polar surface area (TPSA) is 69.0 Å². The zero-order valence-corrected chi connectivity index (χ0v) is 5.65. The Labute approximate surface area is 54.1 Å². The van der Waals surface area contributed by atoms with Crippen LogP contribution in [0.1, 0.15) is 13.8 Å². The quantitative estimate of drug-likeness (QED) is 0.348. The Kier molecular flexibility index (Phi) is 3.84. The molecule has 9 heavy (non-hydrogen) atoms. The molecule has 0 saturated carbocycles. The second-order valence-corrected chi connectivity index (χ2v) is 2.20. The van der Waals surface area contributed by atoms with Crippen LogP contribution in [0.15, 0.2) is 5.11 Å². The molecule has 0 heterocycles. The van der Waals surface area contributed by atoms with E-state index < -0.39 is 0 Å². The Bertz CT molecular complexity index is 117. The van der Waals surface area contributed by atoms with Crippen molar-refractivity contribution < 1.29 is 5.11 Å². The summed E-state index contributed by atoms with van der Waals surface area (Å²) >= 11 is 0. The van der Waals surface area contributed by atoms with Gasteiger partial charge in [-0.25, -0.2) is 0 Å². The first-order valence-electron chi connectivity index (χ1n) is 2.87. The fourth-order valence-corrected chi connectivity index (χ4v) is 0.447. The summed E-state index contributed by atoms with van der Waals surface area (Å²) in [5.41, 5.74) is 7.96. The molecule has 0 aromatic rings. The monoisotopic (exact) mass is 129 g/mol. The average molecular weight is 129 g/mol. The number of rotatable bonds is 3. The zero-order chi connectivity index (χ0) is 7.28. The van der Waals surface area contributed by atoms with Gasteiger partial charge in [0.1, 0.15) is 0 Å². The van der Waals surface area contributed by atoms with Gasteiger partial charge in [-0.1, -0.05) is 19.0 Å². The highest BCUT2D eigenvalue weighted by atomic mass is 16.3. The van der Waals surface area contributed by atoms with Crippen molar-refractivity contribution in [3.63, 3.8) is 0 Å². The van der Waals surface area contributed by atoms with Crippen molar-refractivity contribution in [3.8, 4) is 0 Å². The van der Waals surface area contributed by atoms with Crippen LogP contribution < -0.4 is 0 Å². The predicted molar refractivity (Wildman–Crippen MR) is 34.9 cm³/mol. The van der Waals surface area contributed by atoms with E-state index in [1.807, 2.05) is 13.8 Å². The third-order valence-electron chi connectivity index (χ3n) is 1.16. The second kappa shape index (κ2) is 4.18. The highest BCUT2D eigenvalue weighted by molar-refractivity contribution is 4.68. The molecule has 4 nitrogen and oxygen atoms in total. The summed E-state index contributed by atoms with van der Waals surface area (Å²) in [5.74, 6) is 0.214. The fourth-order valence-electron chi connectivity index (χ4n) is 0.447. The molecule has 0 bridgehead atoms. The van der Waals surface area contributed by atoms with Crippen LogP contribution in [0, 0.1) is 5.92 Å². The molecule has 0 fully saturated rings. The number of aliphatic hydroxyl groups excluding tert-OH is 1. The van der Waals surface area contributed by atoms with Gasteiger partial charge in [-0.15, -0.1) is 0 Å².